The quantitative estimate of drug-likeness (QED) is 0.755. The van der Waals surface area contributed by atoms with Gasteiger partial charge in [0.2, 0.25) is 0 Å². The van der Waals surface area contributed by atoms with Gasteiger partial charge in [-0.2, -0.15) is 0 Å². The van der Waals surface area contributed by atoms with Crippen LogP contribution in [0.4, 0.5) is 0 Å². The van der Waals surface area contributed by atoms with Crippen LogP contribution in [0.2, 0.25) is 0 Å². The topological polar surface area (TPSA) is 56.3 Å². The maximum atomic E-state index is 5.63. The predicted molar refractivity (Wildman–Crippen MR) is 82.2 cm³/mol. The fourth-order valence-electron chi connectivity index (χ4n) is 1.95. The van der Waals surface area contributed by atoms with E-state index in [-0.39, 0.29) is 0 Å². The van der Waals surface area contributed by atoms with Gasteiger partial charge in [-0.3, -0.25) is 0 Å². The molecule has 0 saturated heterocycles. The smallest absolute Gasteiger partial charge is 0.163 e. The minimum atomic E-state index is 0.620. The Morgan fingerprint density at radius 1 is 1.19 bits per heavy atom. The molecule has 0 fully saturated rings. The van der Waals surface area contributed by atoms with Crippen molar-refractivity contribution in [3.63, 3.8) is 0 Å². The lowest BCUT2D eigenvalue weighted by molar-refractivity contribution is 0.199. The Morgan fingerprint density at radius 2 is 2.05 bits per heavy atom. The lowest BCUT2D eigenvalue weighted by Crippen LogP contribution is -2.19. The van der Waals surface area contributed by atoms with Crippen molar-refractivity contribution >= 4 is 0 Å². The normalized spacial score (nSPS) is 10.6. The molecular formula is C16H21N3O2. The number of methoxy groups -OCH3 is 1. The van der Waals surface area contributed by atoms with Crippen LogP contribution in [0, 0.1) is 0 Å². The first-order valence-electron chi connectivity index (χ1n) is 7.09. The van der Waals surface area contributed by atoms with Crippen molar-refractivity contribution < 1.29 is 9.47 Å². The first-order valence-corrected chi connectivity index (χ1v) is 7.09. The summed E-state index contributed by atoms with van der Waals surface area (Å²) in [4.78, 5) is 8.94. The molecule has 1 aromatic heterocycles. The van der Waals surface area contributed by atoms with Gasteiger partial charge in [0.15, 0.2) is 5.82 Å². The second-order valence-corrected chi connectivity index (χ2v) is 4.47. The average molecular weight is 287 g/mol. The molecule has 0 atom stereocenters. The summed E-state index contributed by atoms with van der Waals surface area (Å²) in [5.74, 6) is 1.49. The summed E-state index contributed by atoms with van der Waals surface area (Å²) in [5, 5.41) is 3.27. The molecule has 2 aromatic rings. The van der Waals surface area contributed by atoms with E-state index in [0.717, 1.165) is 23.6 Å². The van der Waals surface area contributed by atoms with Crippen LogP contribution in [-0.4, -0.2) is 36.8 Å². The summed E-state index contributed by atoms with van der Waals surface area (Å²) < 4.78 is 10.6. The molecular weight excluding hydrogens is 266 g/mol. The van der Waals surface area contributed by atoms with E-state index in [4.69, 9.17) is 9.47 Å². The molecule has 5 heteroatoms. The van der Waals surface area contributed by atoms with Gasteiger partial charge in [-0.05, 0) is 25.1 Å². The molecule has 1 aromatic carbocycles. The van der Waals surface area contributed by atoms with Gasteiger partial charge in [0.1, 0.15) is 5.75 Å². The Labute approximate surface area is 125 Å². The lowest BCUT2D eigenvalue weighted by Gasteiger charge is -2.10. The van der Waals surface area contributed by atoms with Crippen molar-refractivity contribution in [2.75, 3.05) is 26.9 Å². The average Bonchev–Trinajstić information content (AvgIpc) is 2.53. The standard InChI is InChI=1S/C16H21N3O2/c1-3-21-15-7-5-4-6-14(15)16-18-9-8-13(19-16)12-17-10-11-20-2/h4-9,17H,3,10-12H2,1-2H3. The third-order valence-corrected chi connectivity index (χ3v) is 2.93. The Hall–Kier alpha value is -1.98. The van der Waals surface area contributed by atoms with E-state index < -0.39 is 0 Å². The third-order valence-electron chi connectivity index (χ3n) is 2.93. The van der Waals surface area contributed by atoms with Gasteiger partial charge >= 0.3 is 0 Å². The zero-order chi connectivity index (χ0) is 14.9. The highest BCUT2D eigenvalue weighted by atomic mass is 16.5. The fourth-order valence-corrected chi connectivity index (χ4v) is 1.95. The molecule has 0 saturated carbocycles. The molecule has 2 rings (SSSR count). The van der Waals surface area contributed by atoms with E-state index in [1.807, 2.05) is 37.3 Å². The predicted octanol–water partition coefficient (Wildman–Crippen LogP) is 2.28. The number of rotatable bonds is 8. The highest BCUT2D eigenvalue weighted by molar-refractivity contribution is 5.63. The molecule has 0 aliphatic heterocycles. The summed E-state index contributed by atoms with van der Waals surface area (Å²) in [5.41, 5.74) is 1.86. The molecule has 0 radical (unpaired) electrons. The van der Waals surface area contributed by atoms with Crippen molar-refractivity contribution in [1.82, 2.24) is 15.3 Å². The van der Waals surface area contributed by atoms with Crippen molar-refractivity contribution in [2.45, 2.75) is 13.5 Å². The maximum Gasteiger partial charge on any atom is 0.163 e. The van der Waals surface area contributed by atoms with Gasteiger partial charge in [-0.25, -0.2) is 9.97 Å². The number of nitrogens with zero attached hydrogens (tertiary/aromatic N) is 2. The van der Waals surface area contributed by atoms with Gasteiger partial charge < -0.3 is 14.8 Å². The van der Waals surface area contributed by atoms with Crippen molar-refractivity contribution in [2.24, 2.45) is 0 Å². The molecule has 0 bridgehead atoms. The first-order chi connectivity index (χ1) is 10.3. The fraction of sp³-hybridized carbons (Fsp3) is 0.375. The van der Waals surface area contributed by atoms with Crippen LogP contribution in [0.5, 0.6) is 5.75 Å². The Kier molecular flexibility index (Phi) is 6.12. The highest BCUT2D eigenvalue weighted by Gasteiger charge is 2.08. The Bertz CT molecular complexity index is 561. The van der Waals surface area contributed by atoms with E-state index in [1.165, 1.54) is 0 Å². The van der Waals surface area contributed by atoms with Crippen LogP contribution >= 0.6 is 0 Å². The first kappa shape index (κ1) is 15.4. The minimum absolute atomic E-state index is 0.620. The maximum absolute atomic E-state index is 5.63. The van der Waals surface area contributed by atoms with Gasteiger partial charge in [-0.15, -0.1) is 0 Å². The van der Waals surface area contributed by atoms with Crippen molar-refractivity contribution in [1.29, 1.82) is 0 Å². The zero-order valence-corrected chi connectivity index (χ0v) is 12.5. The molecule has 5 nitrogen and oxygen atoms in total. The SMILES string of the molecule is CCOc1ccccc1-c1nccc(CNCCOC)n1. The van der Waals surface area contributed by atoms with E-state index in [1.54, 1.807) is 13.3 Å². The van der Waals surface area contributed by atoms with Crippen LogP contribution < -0.4 is 10.1 Å². The third kappa shape index (κ3) is 4.51. The van der Waals surface area contributed by atoms with Crippen molar-refractivity contribution in [3.8, 4) is 17.1 Å². The van der Waals surface area contributed by atoms with E-state index in [0.29, 0.717) is 25.6 Å². The molecule has 0 aliphatic carbocycles. The van der Waals surface area contributed by atoms with Gasteiger partial charge in [0.25, 0.3) is 0 Å². The van der Waals surface area contributed by atoms with E-state index in [2.05, 4.69) is 15.3 Å². The monoisotopic (exact) mass is 287 g/mol. The van der Waals surface area contributed by atoms with Crippen molar-refractivity contribution in [3.05, 3.63) is 42.2 Å². The summed E-state index contributed by atoms with van der Waals surface area (Å²) in [6.07, 6.45) is 1.78. The van der Waals surface area contributed by atoms with Gasteiger partial charge in [-0.1, -0.05) is 12.1 Å². The largest absolute Gasteiger partial charge is 0.493 e. The number of nitrogens with one attached hydrogen (secondary N) is 1. The van der Waals surface area contributed by atoms with Crippen LogP contribution in [0.1, 0.15) is 12.6 Å². The van der Waals surface area contributed by atoms with Crippen LogP contribution in [0.15, 0.2) is 36.5 Å². The number of hydrogen-bond donors (Lipinski definition) is 1. The number of aromatic nitrogens is 2. The van der Waals surface area contributed by atoms with Crippen LogP contribution in [-0.2, 0) is 11.3 Å². The number of hydrogen-bond acceptors (Lipinski definition) is 5. The number of para-hydroxylation sites is 1. The summed E-state index contributed by atoms with van der Waals surface area (Å²) in [6.45, 7) is 4.76. The van der Waals surface area contributed by atoms with E-state index in [9.17, 15) is 0 Å². The van der Waals surface area contributed by atoms with Gasteiger partial charge in [0, 0.05) is 26.4 Å². The molecule has 1 N–H and O–H groups in total. The van der Waals surface area contributed by atoms with Crippen LogP contribution in [0.25, 0.3) is 11.4 Å². The summed E-state index contributed by atoms with van der Waals surface area (Å²) in [6, 6.07) is 9.73. The highest BCUT2D eigenvalue weighted by Crippen LogP contribution is 2.26. The minimum Gasteiger partial charge on any atom is -0.493 e. The molecule has 0 spiro atoms. The molecule has 0 amide bonds. The molecule has 21 heavy (non-hydrogen) atoms. The number of ether oxygens (including phenoxy) is 2. The molecule has 1 heterocycles. The van der Waals surface area contributed by atoms with Crippen LogP contribution in [0.3, 0.4) is 0 Å². The molecule has 0 aliphatic rings. The zero-order valence-electron chi connectivity index (χ0n) is 12.5. The summed E-state index contributed by atoms with van der Waals surface area (Å²) in [7, 11) is 1.69. The van der Waals surface area contributed by atoms with E-state index >= 15 is 0 Å². The number of benzene rings is 1. The Morgan fingerprint density at radius 3 is 2.86 bits per heavy atom. The lowest BCUT2D eigenvalue weighted by atomic mass is 10.2. The summed E-state index contributed by atoms with van der Waals surface area (Å²) >= 11 is 0. The Balaban J connectivity index is 2.13. The second-order valence-electron chi connectivity index (χ2n) is 4.47. The van der Waals surface area contributed by atoms with Gasteiger partial charge in [0.05, 0.1) is 24.5 Å². The molecule has 0 unspecified atom stereocenters. The second kappa shape index (κ2) is 8.34. The molecule has 112 valence electrons.